The van der Waals surface area contributed by atoms with E-state index in [1.807, 2.05) is 54.9 Å². The van der Waals surface area contributed by atoms with Crippen molar-refractivity contribution in [3.63, 3.8) is 0 Å². The fourth-order valence-electron chi connectivity index (χ4n) is 3.30. The zero-order valence-corrected chi connectivity index (χ0v) is 15.1. The molecule has 0 aliphatic carbocycles. The molecule has 1 aliphatic rings. The lowest BCUT2D eigenvalue weighted by Crippen LogP contribution is -2.32. The van der Waals surface area contributed by atoms with Crippen LogP contribution in [0.3, 0.4) is 0 Å². The third kappa shape index (κ3) is 3.27. The molecule has 0 saturated heterocycles. The van der Waals surface area contributed by atoms with Crippen molar-refractivity contribution < 1.29 is 13.6 Å². The molecule has 5 heteroatoms. The van der Waals surface area contributed by atoms with E-state index in [2.05, 4.69) is 18.2 Å². The molecular weight excluding hydrogens is 321 g/mol. The Morgan fingerprint density at radius 2 is 1.62 bits per heavy atom. The van der Waals surface area contributed by atoms with Gasteiger partial charge in [-0.3, -0.25) is 13.7 Å². The van der Waals surface area contributed by atoms with E-state index in [0.29, 0.717) is 13.2 Å². The summed E-state index contributed by atoms with van der Waals surface area (Å²) in [6.07, 6.45) is 1.83. The number of anilines is 1. The highest BCUT2D eigenvalue weighted by Crippen LogP contribution is 2.60. The molecule has 1 atom stereocenters. The smallest absolute Gasteiger partial charge is 0.292 e. The summed E-state index contributed by atoms with van der Waals surface area (Å²) in [5.74, 6) is 0. The van der Waals surface area contributed by atoms with E-state index < -0.39 is 7.75 Å². The maximum atomic E-state index is 13.6. The zero-order valence-electron chi connectivity index (χ0n) is 14.2. The van der Waals surface area contributed by atoms with Crippen LogP contribution in [-0.2, 0) is 20.0 Å². The van der Waals surface area contributed by atoms with E-state index in [1.54, 1.807) is 0 Å². The van der Waals surface area contributed by atoms with E-state index >= 15 is 0 Å². The average Bonchev–Trinajstić information content (AvgIpc) is 2.62. The van der Waals surface area contributed by atoms with Gasteiger partial charge in [0.2, 0.25) is 0 Å². The SMILES string of the molecule is CCOP(=O)(OCC)N1c2ccccc2CCC1c1ccccc1. The van der Waals surface area contributed by atoms with Crippen LogP contribution in [0.1, 0.15) is 37.4 Å². The van der Waals surface area contributed by atoms with Crippen molar-refractivity contribution in [2.45, 2.75) is 32.7 Å². The van der Waals surface area contributed by atoms with Crippen LogP contribution in [0, 0.1) is 0 Å². The number of hydrogen-bond donors (Lipinski definition) is 0. The van der Waals surface area contributed by atoms with Gasteiger partial charge >= 0.3 is 7.75 Å². The van der Waals surface area contributed by atoms with Crippen LogP contribution in [0.5, 0.6) is 0 Å². The van der Waals surface area contributed by atoms with E-state index in [4.69, 9.17) is 9.05 Å². The first kappa shape index (κ1) is 17.2. The second kappa shape index (κ2) is 7.52. The van der Waals surface area contributed by atoms with Gasteiger partial charge in [-0.2, -0.15) is 0 Å². The number of para-hydroxylation sites is 1. The van der Waals surface area contributed by atoms with Gasteiger partial charge < -0.3 is 0 Å². The quantitative estimate of drug-likeness (QED) is 0.661. The van der Waals surface area contributed by atoms with Crippen LogP contribution < -0.4 is 4.67 Å². The van der Waals surface area contributed by atoms with Gasteiger partial charge in [0.25, 0.3) is 0 Å². The summed E-state index contributed by atoms with van der Waals surface area (Å²) in [7, 11) is -3.42. The Kier molecular flexibility index (Phi) is 5.40. The normalized spacial score (nSPS) is 17.6. The van der Waals surface area contributed by atoms with Crippen molar-refractivity contribution in [3.05, 3.63) is 65.7 Å². The molecule has 3 rings (SSSR count). The molecule has 0 fully saturated rings. The van der Waals surface area contributed by atoms with Gasteiger partial charge in [0.1, 0.15) is 0 Å². The second-order valence-electron chi connectivity index (χ2n) is 5.74. The predicted octanol–water partition coefficient (Wildman–Crippen LogP) is 5.36. The third-order valence-electron chi connectivity index (χ3n) is 4.25. The van der Waals surface area contributed by atoms with Crippen molar-refractivity contribution in [3.8, 4) is 0 Å². The van der Waals surface area contributed by atoms with Crippen LogP contribution in [0.15, 0.2) is 54.6 Å². The van der Waals surface area contributed by atoms with E-state index in [0.717, 1.165) is 24.1 Å². The van der Waals surface area contributed by atoms with Crippen LogP contribution in [0.4, 0.5) is 5.69 Å². The van der Waals surface area contributed by atoms with Gasteiger partial charge in [-0.25, -0.2) is 4.57 Å². The number of hydrogen-bond acceptors (Lipinski definition) is 3. The summed E-state index contributed by atoms with van der Waals surface area (Å²) in [5, 5.41) is 0. The Morgan fingerprint density at radius 3 is 2.29 bits per heavy atom. The minimum Gasteiger partial charge on any atom is -0.292 e. The molecule has 0 aromatic heterocycles. The molecule has 0 amide bonds. The average molecular weight is 345 g/mol. The molecule has 24 heavy (non-hydrogen) atoms. The number of aryl methyl sites for hydroxylation is 1. The first-order chi connectivity index (χ1) is 11.7. The lowest BCUT2D eigenvalue weighted by Gasteiger charge is -2.41. The predicted molar refractivity (Wildman–Crippen MR) is 97.3 cm³/mol. The van der Waals surface area contributed by atoms with E-state index in [-0.39, 0.29) is 6.04 Å². The van der Waals surface area contributed by atoms with Gasteiger partial charge in [-0.1, -0.05) is 48.5 Å². The van der Waals surface area contributed by atoms with Crippen molar-refractivity contribution in [1.29, 1.82) is 0 Å². The van der Waals surface area contributed by atoms with Crippen molar-refractivity contribution >= 4 is 13.4 Å². The molecule has 1 heterocycles. The van der Waals surface area contributed by atoms with Gasteiger partial charge in [0, 0.05) is 0 Å². The van der Waals surface area contributed by atoms with Gasteiger partial charge in [0.05, 0.1) is 24.9 Å². The molecule has 2 aromatic carbocycles. The van der Waals surface area contributed by atoms with Crippen molar-refractivity contribution in [2.75, 3.05) is 17.9 Å². The van der Waals surface area contributed by atoms with Crippen LogP contribution in [0.2, 0.25) is 0 Å². The molecule has 0 N–H and O–H groups in total. The molecule has 128 valence electrons. The molecule has 1 aliphatic heterocycles. The topological polar surface area (TPSA) is 38.8 Å². The van der Waals surface area contributed by atoms with Gasteiger partial charge in [-0.15, -0.1) is 0 Å². The minimum atomic E-state index is -3.42. The standard InChI is InChI=1S/C19H24NO3P/c1-3-22-24(21,23-4-2)20-18-13-9-8-12-17(18)14-15-19(20)16-10-6-5-7-11-16/h5-13,19H,3-4,14-15H2,1-2H3. The Morgan fingerprint density at radius 1 is 1.00 bits per heavy atom. The summed E-state index contributed by atoms with van der Waals surface area (Å²) >= 11 is 0. The van der Waals surface area contributed by atoms with Crippen molar-refractivity contribution in [2.24, 2.45) is 0 Å². The zero-order chi connectivity index (χ0) is 17.0. The lowest BCUT2D eigenvalue weighted by atomic mass is 9.93. The Labute approximate surface area is 144 Å². The molecule has 0 saturated carbocycles. The fraction of sp³-hybridized carbons (Fsp3) is 0.368. The summed E-state index contributed by atoms with van der Waals surface area (Å²) in [4.78, 5) is 0. The van der Waals surface area contributed by atoms with Gasteiger partial charge in [0.15, 0.2) is 0 Å². The highest BCUT2D eigenvalue weighted by molar-refractivity contribution is 7.55. The summed E-state index contributed by atoms with van der Waals surface area (Å²) < 4.78 is 26.8. The highest BCUT2D eigenvalue weighted by atomic mass is 31.2. The monoisotopic (exact) mass is 345 g/mol. The van der Waals surface area contributed by atoms with E-state index in [1.165, 1.54) is 5.56 Å². The first-order valence-electron chi connectivity index (χ1n) is 8.51. The lowest BCUT2D eigenvalue weighted by molar-refractivity contribution is 0.213. The molecular formula is C19H24NO3P. The maximum absolute atomic E-state index is 13.6. The number of benzene rings is 2. The second-order valence-corrected chi connectivity index (χ2v) is 7.63. The summed E-state index contributed by atoms with van der Waals surface area (Å²) in [6.45, 7) is 4.38. The summed E-state index contributed by atoms with van der Waals surface area (Å²) in [6, 6.07) is 18.2. The van der Waals surface area contributed by atoms with Crippen LogP contribution >= 0.6 is 7.75 Å². The molecule has 0 radical (unpaired) electrons. The van der Waals surface area contributed by atoms with Crippen LogP contribution in [-0.4, -0.2) is 13.2 Å². The fourth-order valence-corrected chi connectivity index (χ4v) is 5.33. The van der Waals surface area contributed by atoms with Crippen LogP contribution in [0.25, 0.3) is 0 Å². The molecule has 0 spiro atoms. The third-order valence-corrected chi connectivity index (χ3v) is 6.44. The number of fused-ring (bicyclic) bond motifs is 1. The molecule has 1 unspecified atom stereocenters. The summed E-state index contributed by atoms with van der Waals surface area (Å²) in [5.41, 5.74) is 3.26. The maximum Gasteiger partial charge on any atom is 0.435 e. The molecule has 2 aromatic rings. The minimum absolute atomic E-state index is 0.0231. The Hall–Kier alpha value is -1.61. The largest absolute Gasteiger partial charge is 0.435 e. The first-order valence-corrected chi connectivity index (χ1v) is 10.0. The van der Waals surface area contributed by atoms with Crippen molar-refractivity contribution in [1.82, 2.24) is 0 Å². The highest BCUT2D eigenvalue weighted by Gasteiger charge is 2.42. The van der Waals surface area contributed by atoms with Gasteiger partial charge in [-0.05, 0) is 43.9 Å². The number of rotatable bonds is 6. The Bertz CT molecular complexity index is 710. The number of nitrogens with zero attached hydrogens (tertiary/aromatic N) is 1. The molecule has 4 nitrogen and oxygen atoms in total. The van der Waals surface area contributed by atoms with E-state index in [9.17, 15) is 4.57 Å². The molecule has 0 bridgehead atoms. The Balaban J connectivity index is 2.11.